The van der Waals surface area contributed by atoms with Crippen LogP contribution in [0.4, 0.5) is 10.2 Å². The topological polar surface area (TPSA) is 70.5 Å². The summed E-state index contributed by atoms with van der Waals surface area (Å²) in [6.07, 6.45) is 3.53. The second-order valence-electron chi connectivity index (χ2n) is 6.42. The second-order valence-corrected chi connectivity index (χ2v) is 8.40. The number of nitrogens with zero attached hydrogens (tertiary/aromatic N) is 2. The fraction of sp³-hybridized carbons (Fsp3) is 0.389. The Kier molecular flexibility index (Phi) is 5.06. The van der Waals surface area contributed by atoms with Crippen molar-refractivity contribution >= 4 is 15.7 Å². The van der Waals surface area contributed by atoms with Gasteiger partial charge >= 0.3 is 0 Å². The van der Waals surface area contributed by atoms with Crippen LogP contribution in [-0.2, 0) is 9.84 Å². The first kappa shape index (κ1) is 17.8. The van der Waals surface area contributed by atoms with Crippen molar-refractivity contribution in [3.05, 3.63) is 54.0 Å². The van der Waals surface area contributed by atoms with Crippen molar-refractivity contribution in [1.29, 1.82) is 0 Å². The lowest BCUT2D eigenvalue weighted by molar-refractivity contribution is 0.0927. The molecule has 7 heteroatoms. The molecule has 1 atom stereocenters. The lowest BCUT2D eigenvalue weighted by Gasteiger charge is -2.35. The van der Waals surface area contributed by atoms with Crippen LogP contribution in [0.2, 0.25) is 0 Å². The molecule has 1 unspecified atom stereocenters. The predicted molar refractivity (Wildman–Crippen MR) is 93.6 cm³/mol. The van der Waals surface area contributed by atoms with E-state index in [-0.39, 0.29) is 16.6 Å². The Bertz CT molecular complexity index is 832. The zero-order valence-corrected chi connectivity index (χ0v) is 14.8. The summed E-state index contributed by atoms with van der Waals surface area (Å²) in [6, 6.07) is 9.09. The molecule has 0 spiro atoms. The van der Waals surface area contributed by atoms with Gasteiger partial charge in [-0.15, -0.1) is 0 Å². The van der Waals surface area contributed by atoms with E-state index in [9.17, 15) is 17.9 Å². The highest BCUT2D eigenvalue weighted by Crippen LogP contribution is 2.33. The minimum absolute atomic E-state index is 0.0482. The number of piperidine rings is 1. The van der Waals surface area contributed by atoms with Gasteiger partial charge < -0.3 is 10.0 Å². The summed E-state index contributed by atoms with van der Waals surface area (Å²) in [6.45, 7) is 1.23. The molecule has 25 heavy (non-hydrogen) atoms. The van der Waals surface area contributed by atoms with Crippen molar-refractivity contribution in [2.45, 2.75) is 23.8 Å². The molecule has 1 N–H and O–H groups in total. The molecule has 1 saturated heterocycles. The first-order valence-corrected chi connectivity index (χ1v) is 10.1. The largest absolute Gasteiger partial charge is 0.388 e. The minimum atomic E-state index is -3.35. The molecule has 3 rings (SSSR count). The Labute approximate surface area is 147 Å². The Morgan fingerprint density at radius 3 is 2.44 bits per heavy atom. The van der Waals surface area contributed by atoms with Crippen LogP contribution in [-0.4, -0.2) is 37.9 Å². The van der Waals surface area contributed by atoms with Gasteiger partial charge in [0.1, 0.15) is 16.5 Å². The highest BCUT2D eigenvalue weighted by molar-refractivity contribution is 7.90. The summed E-state index contributed by atoms with van der Waals surface area (Å²) >= 11 is 0. The van der Waals surface area contributed by atoms with E-state index >= 15 is 0 Å². The number of benzene rings is 1. The predicted octanol–water partition coefficient (Wildman–Crippen LogP) is 2.57. The molecule has 134 valence electrons. The number of aliphatic hydroxyl groups is 1. The van der Waals surface area contributed by atoms with Crippen molar-refractivity contribution in [3.8, 4) is 0 Å². The minimum Gasteiger partial charge on any atom is -0.388 e. The number of halogens is 1. The number of hydrogen-bond acceptors (Lipinski definition) is 5. The lowest BCUT2D eigenvalue weighted by Crippen LogP contribution is -2.37. The van der Waals surface area contributed by atoms with Gasteiger partial charge in [0.2, 0.25) is 0 Å². The monoisotopic (exact) mass is 364 g/mol. The first-order valence-electron chi connectivity index (χ1n) is 8.20. The van der Waals surface area contributed by atoms with E-state index in [2.05, 4.69) is 4.98 Å². The Hall–Kier alpha value is -1.99. The van der Waals surface area contributed by atoms with Gasteiger partial charge in [-0.3, -0.25) is 0 Å². The van der Waals surface area contributed by atoms with E-state index in [1.165, 1.54) is 18.4 Å². The third-order valence-corrected chi connectivity index (χ3v) is 5.77. The molecular weight excluding hydrogens is 343 g/mol. The molecule has 2 aromatic rings. The van der Waals surface area contributed by atoms with Gasteiger partial charge in [-0.25, -0.2) is 17.8 Å². The lowest BCUT2D eigenvalue weighted by atomic mass is 9.87. The number of aliphatic hydroxyl groups excluding tert-OH is 1. The quantitative estimate of drug-likeness (QED) is 0.903. The summed E-state index contributed by atoms with van der Waals surface area (Å²) in [5.41, 5.74) is 0.703. The number of aromatic nitrogens is 1. The molecule has 1 aromatic heterocycles. The molecule has 0 radical (unpaired) electrons. The van der Waals surface area contributed by atoms with Crippen molar-refractivity contribution in [3.63, 3.8) is 0 Å². The third kappa shape index (κ3) is 3.99. The zero-order valence-electron chi connectivity index (χ0n) is 14.0. The van der Waals surface area contributed by atoms with Crippen LogP contribution in [0.5, 0.6) is 0 Å². The number of anilines is 1. The van der Waals surface area contributed by atoms with Crippen LogP contribution < -0.4 is 4.90 Å². The van der Waals surface area contributed by atoms with Crippen molar-refractivity contribution < 1.29 is 17.9 Å². The number of hydrogen-bond donors (Lipinski definition) is 1. The van der Waals surface area contributed by atoms with Crippen LogP contribution in [0.1, 0.15) is 24.5 Å². The standard InChI is InChI=1S/C18H21FN2O3S/c1-25(23,24)16-3-2-10-20-18(16)21-11-8-14(9-12-21)17(22)13-4-6-15(19)7-5-13/h2-7,10,14,17,22H,8-9,11-12H2,1H3. The first-order chi connectivity index (χ1) is 11.9. The number of pyridine rings is 1. The van der Waals surface area contributed by atoms with Crippen LogP contribution >= 0.6 is 0 Å². The zero-order chi connectivity index (χ0) is 18.0. The van der Waals surface area contributed by atoms with Crippen LogP contribution in [0.3, 0.4) is 0 Å². The maximum Gasteiger partial charge on any atom is 0.179 e. The summed E-state index contributed by atoms with van der Waals surface area (Å²) in [5, 5.41) is 10.5. The van der Waals surface area contributed by atoms with E-state index in [4.69, 9.17) is 0 Å². The Morgan fingerprint density at radius 2 is 1.84 bits per heavy atom. The second kappa shape index (κ2) is 7.09. The van der Waals surface area contributed by atoms with E-state index in [0.29, 0.717) is 37.3 Å². The molecule has 1 aromatic carbocycles. The normalized spacial score (nSPS) is 17.5. The van der Waals surface area contributed by atoms with E-state index in [1.54, 1.807) is 30.5 Å². The smallest absolute Gasteiger partial charge is 0.179 e. The summed E-state index contributed by atoms with van der Waals surface area (Å²) < 4.78 is 36.9. The maximum absolute atomic E-state index is 13.0. The Morgan fingerprint density at radius 1 is 1.20 bits per heavy atom. The van der Waals surface area contributed by atoms with E-state index in [0.717, 1.165) is 0 Å². The van der Waals surface area contributed by atoms with Gasteiger partial charge in [-0.05, 0) is 48.6 Å². The average molecular weight is 364 g/mol. The van der Waals surface area contributed by atoms with Gasteiger partial charge in [-0.1, -0.05) is 12.1 Å². The molecule has 1 aliphatic rings. The molecule has 1 aliphatic heterocycles. The molecular formula is C18H21FN2O3S. The number of rotatable bonds is 4. The van der Waals surface area contributed by atoms with Gasteiger partial charge in [0, 0.05) is 25.5 Å². The van der Waals surface area contributed by atoms with Gasteiger partial charge in [0.25, 0.3) is 0 Å². The average Bonchev–Trinajstić information content (AvgIpc) is 2.61. The van der Waals surface area contributed by atoms with Gasteiger partial charge in [-0.2, -0.15) is 0 Å². The van der Waals surface area contributed by atoms with Crippen molar-refractivity contribution in [2.24, 2.45) is 5.92 Å². The third-order valence-electron chi connectivity index (χ3n) is 4.65. The highest BCUT2D eigenvalue weighted by atomic mass is 32.2. The van der Waals surface area contributed by atoms with Gasteiger partial charge in [0.05, 0.1) is 6.10 Å². The van der Waals surface area contributed by atoms with Crippen LogP contribution in [0.25, 0.3) is 0 Å². The Balaban J connectivity index is 1.71. The summed E-state index contributed by atoms with van der Waals surface area (Å²) in [7, 11) is -3.35. The summed E-state index contributed by atoms with van der Waals surface area (Å²) in [5.74, 6) is 0.195. The molecule has 0 amide bonds. The molecule has 1 fully saturated rings. The van der Waals surface area contributed by atoms with Crippen molar-refractivity contribution in [1.82, 2.24) is 4.98 Å². The highest BCUT2D eigenvalue weighted by Gasteiger charge is 2.28. The fourth-order valence-electron chi connectivity index (χ4n) is 3.27. The molecule has 5 nitrogen and oxygen atoms in total. The van der Waals surface area contributed by atoms with E-state index < -0.39 is 15.9 Å². The summed E-state index contributed by atoms with van der Waals surface area (Å²) in [4.78, 5) is 6.43. The SMILES string of the molecule is CS(=O)(=O)c1cccnc1N1CCC(C(O)c2ccc(F)cc2)CC1. The molecule has 0 aliphatic carbocycles. The van der Waals surface area contributed by atoms with Crippen molar-refractivity contribution in [2.75, 3.05) is 24.2 Å². The number of sulfone groups is 1. The van der Waals surface area contributed by atoms with E-state index in [1.807, 2.05) is 4.90 Å². The van der Waals surface area contributed by atoms with Crippen LogP contribution in [0.15, 0.2) is 47.5 Å². The molecule has 0 saturated carbocycles. The maximum atomic E-state index is 13.0. The molecule has 0 bridgehead atoms. The fourth-order valence-corrected chi connectivity index (χ4v) is 4.11. The van der Waals surface area contributed by atoms with Gasteiger partial charge in [0.15, 0.2) is 9.84 Å². The van der Waals surface area contributed by atoms with Crippen LogP contribution in [0, 0.1) is 11.7 Å². The molecule has 2 heterocycles.